The summed E-state index contributed by atoms with van der Waals surface area (Å²) in [4.78, 5) is 0. The summed E-state index contributed by atoms with van der Waals surface area (Å²) in [7, 11) is 0. The van der Waals surface area contributed by atoms with E-state index >= 15 is 0 Å². The number of aliphatic hydroxyl groups is 1. The van der Waals surface area contributed by atoms with Crippen molar-refractivity contribution in [2.45, 2.75) is 13.0 Å². The SMILES string of the molecule is C[C@H](O)c1ccccc1Oc1ccccc1Cl. The number of rotatable bonds is 3. The van der Waals surface area contributed by atoms with E-state index in [-0.39, 0.29) is 0 Å². The van der Waals surface area contributed by atoms with Crippen molar-refractivity contribution in [1.29, 1.82) is 0 Å². The summed E-state index contributed by atoms with van der Waals surface area (Å²) in [5.41, 5.74) is 0.743. The molecule has 0 amide bonds. The highest BCUT2D eigenvalue weighted by Gasteiger charge is 2.10. The third-order valence-electron chi connectivity index (χ3n) is 2.43. The summed E-state index contributed by atoms with van der Waals surface area (Å²) in [5, 5.41) is 10.2. The van der Waals surface area contributed by atoms with E-state index in [9.17, 15) is 5.11 Å². The predicted octanol–water partition coefficient (Wildman–Crippen LogP) is 4.19. The molecule has 0 fully saturated rings. The van der Waals surface area contributed by atoms with Crippen molar-refractivity contribution in [2.75, 3.05) is 0 Å². The molecule has 3 heteroatoms. The Hall–Kier alpha value is -1.51. The van der Waals surface area contributed by atoms with Crippen LogP contribution in [0.3, 0.4) is 0 Å². The molecule has 0 aromatic heterocycles. The van der Waals surface area contributed by atoms with Crippen molar-refractivity contribution in [1.82, 2.24) is 0 Å². The van der Waals surface area contributed by atoms with Crippen molar-refractivity contribution >= 4 is 11.6 Å². The number of hydrogen-bond acceptors (Lipinski definition) is 2. The fourth-order valence-corrected chi connectivity index (χ4v) is 1.74. The van der Waals surface area contributed by atoms with Gasteiger partial charge < -0.3 is 9.84 Å². The molecule has 0 aliphatic rings. The van der Waals surface area contributed by atoms with Gasteiger partial charge in [0.1, 0.15) is 11.5 Å². The Morgan fingerprint density at radius 1 is 1.00 bits per heavy atom. The molecule has 2 nitrogen and oxygen atoms in total. The van der Waals surface area contributed by atoms with Crippen LogP contribution in [0.4, 0.5) is 0 Å². The first-order valence-electron chi connectivity index (χ1n) is 5.38. The van der Waals surface area contributed by atoms with E-state index < -0.39 is 6.10 Å². The molecule has 17 heavy (non-hydrogen) atoms. The van der Waals surface area contributed by atoms with E-state index in [1.54, 1.807) is 19.1 Å². The average Bonchev–Trinajstić information content (AvgIpc) is 2.32. The summed E-state index contributed by atoms with van der Waals surface area (Å²) >= 11 is 6.02. The second kappa shape index (κ2) is 5.21. The van der Waals surface area contributed by atoms with Crippen LogP contribution < -0.4 is 4.74 Å². The number of halogens is 1. The molecule has 0 unspecified atom stereocenters. The highest BCUT2D eigenvalue weighted by Crippen LogP contribution is 2.32. The van der Waals surface area contributed by atoms with Gasteiger partial charge in [-0.3, -0.25) is 0 Å². The molecule has 2 aromatic carbocycles. The topological polar surface area (TPSA) is 29.5 Å². The van der Waals surface area contributed by atoms with Gasteiger partial charge in [-0.1, -0.05) is 41.9 Å². The predicted molar refractivity (Wildman–Crippen MR) is 68.6 cm³/mol. The second-order valence-electron chi connectivity index (χ2n) is 3.75. The molecule has 1 atom stereocenters. The zero-order valence-corrected chi connectivity index (χ0v) is 10.2. The molecule has 0 saturated carbocycles. The standard InChI is InChI=1S/C14H13ClO2/c1-10(16)11-6-2-4-8-13(11)17-14-9-5-3-7-12(14)15/h2-10,16H,1H3/t10-/m0/s1. The van der Waals surface area contributed by atoms with Gasteiger partial charge in [-0.2, -0.15) is 0 Å². The Balaban J connectivity index is 2.34. The molecule has 88 valence electrons. The Bertz CT molecular complexity index is 509. The Morgan fingerprint density at radius 2 is 1.59 bits per heavy atom. The van der Waals surface area contributed by atoms with Crippen molar-refractivity contribution in [3.63, 3.8) is 0 Å². The van der Waals surface area contributed by atoms with Gasteiger partial charge in [-0.25, -0.2) is 0 Å². The molecule has 0 heterocycles. The average molecular weight is 249 g/mol. The second-order valence-corrected chi connectivity index (χ2v) is 4.15. The summed E-state index contributed by atoms with van der Waals surface area (Å²) in [6.45, 7) is 1.70. The van der Waals surface area contributed by atoms with E-state index in [2.05, 4.69) is 0 Å². The largest absolute Gasteiger partial charge is 0.455 e. The van der Waals surface area contributed by atoms with Gasteiger partial charge in [0.15, 0.2) is 0 Å². The van der Waals surface area contributed by atoms with Crippen molar-refractivity contribution in [3.8, 4) is 11.5 Å². The number of para-hydroxylation sites is 2. The van der Waals surface area contributed by atoms with Gasteiger partial charge in [-0.05, 0) is 25.1 Å². The molecule has 0 saturated heterocycles. The molecule has 2 rings (SSSR count). The highest BCUT2D eigenvalue weighted by atomic mass is 35.5. The highest BCUT2D eigenvalue weighted by molar-refractivity contribution is 6.32. The fourth-order valence-electron chi connectivity index (χ4n) is 1.56. The lowest BCUT2D eigenvalue weighted by atomic mass is 10.1. The maximum Gasteiger partial charge on any atom is 0.146 e. The van der Waals surface area contributed by atoms with Crippen LogP contribution >= 0.6 is 11.6 Å². The number of aliphatic hydroxyl groups excluding tert-OH is 1. The number of hydrogen-bond donors (Lipinski definition) is 1. The minimum atomic E-state index is -0.575. The Morgan fingerprint density at radius 3 is 2.24 bits per heavy atom. The molecule has 0 aliphatic heterocycles. The summed E-state index contributed by atoms with van der Waals surface area (Å²) in [6, 6.07) is 14.6. The van der Waals surface area contributed by atoms with Gasteiger partial charge in [0.05, 0.1) is 11.1 Å². The first-order chi connectivity index (χ1) is 8.18. The molecule has 0 bridgehead atoms. The van der Waals surface area contributed by atoms with Gasteiger partial charge >= 0.3 is 0 Å². The minimum absolute atomic E-state index is 0.549. The number of benzene rings is 2. The molecule has 1 N–H and O–H groups in total. The molecule has 0 spiro atoms. The van der Waals surface area contributed by atoms with Gasteiger partial charge in [0.2, 0.25) is 0 Å². The zero-order valence-electron chi connectivity index (χ0n) is 9.43. The minimum Gasteiger partial charge on any atom is -0.455 e. The smallest absolute Gasteiger partial charge is 0.146 e. The molecule has 0 aliphatic carbocycles. The van der Waals surface area contributed by atoms with Crippen LogP contribution in [0.25, 0.3) is 0 Å². The maximum absolute atomic E-state index is 9.64. The first kappa shape index (κ1) is 12.0. The maximum atomic E-state index is 9.64. The monoisotopic (exact) mass is 248 g/mol. The molecule has 0 radical (unpaired) electrons. The van der Waals surface area contributed by atoms with Crippen LogP contribution in [-0.2, 0) is 0 Å². The van der Waals surface area contributed by atoms with E-state index in [0.717, 1.165) is 5.56 Å². The van der Waals surface area contributed by atoms with E-state index in [0.29, 0.717) is 16.5 Å². The quantitative estimate of drug-likeness (QED) is 0.883. The van der Waals surface area contributed by atoms with E-state index in [1.165, 1.54) is 0 Å². The first-order valence-corrected chi connectivity index (χ1v) is 5.75. The van der Waals surface area contributed by atoms with Crippen LogP contribution in [0.5, 0.6) is 11.5 Å². The van der Waals surface area contributed by atoms with Crippen LogP contribution in [0.15, 0.2) is 48.5 Å². The van der Waals surface area contributed by atoms with E-state index in [4.69, 9.17) is 16.3 Å². The summed E-state index contributed by atoms with van der Waals surface area (Å²) in [5.74, 6) is 1.21. The van der Waals surface area contributed by atoms with Gasteiger partial charge in [0.25, 0.3) is 0 Å². The van der Waals surface area contributed by atoms with Crippen molar-refractivity contribution in [3.05, 3.63) is 59.1 Å². The lowest BCUT2D eigenvalue weighted by Crippen LogP contribution is -1.95. The van der Waals surface area contributed by atoms with Crippen LogP contribution in [0, 0.1) is 0 Å². The normalized spacial score (nSPS) is 12.2. The molecular weight excluding hydrogens is 236 g/mol. The van der Waals surface area contributed by atoms with Crippen LogP contribution in [-0.4, -0.2) is 5.11 Å². The van der Waals surface area contributed by atoms with Crippen molar-refractivity contribution in [2.24, 2.45) is 0 Å². The third-order valence-corrected chi connectivity index (χ3v) is 2.74. The van der Waals surface area contributed by atoms with Gasteiger partial charge in [0, 0.05) is 5.56 Å². The summed E-state index contributed by atoms with van der Waals surface area (Å²) in [6.07, 6.45) is -0.575. The molecule has 2 aromatic rings. The third kappa shape index (κ3) is 2.78. The lowest BCUT2D eigenvalue weighted by Gasteiger charge is -2.13. The Kier molecular flexibility index (Phi) is 3.67. The fraction of sp³-hybridized carbons (Fsp3) is 0.143. The van der Waals surface area contributed by atoms with E-state index in [1.807, 2.05) is 36.4 Å². The van der Waals surface area contributed by atoms with Crippen LogP contribution in [0.2, 0.25) is 5.02 Å². The van der Waals surface area contributed by atoms with Crippen molar-refractivity contribution < 1.29 is 9.84 Å². The summed E-state index contributed by atoms with van der Waals surface area (Å²) < 4.78 is 5.71. The number of ether oxygens (including phenoxy) is 1. The lowest BCUT2D eigenvalue weighted by molar-refractivity contribution is 0.195. The van der Waals surface area contributed by atoms with Gasteiger partial charge in [-0.15, -0.1) is 0 Å². The zero-order chi connectivity index (χ0) is 12.3. The molecular formula is C14H13ClO2. The van der Waals surface area contributed by atoms with Crippen LogP contribution in [0.1, 0.15) is 18.6 Å². The Labute approximate surface area is 105 Å².